The summed E-state index contributed by atoms with van der Waals surface area (Å²) in [5, 5.41) is 9.93. The molecule has 0 spiro atoms. The lowest BCUT2D eigenvalue weighted by Crippen LogP contribution is -2.34. The standard InChI is InChI=1S/C11H15ClN2O3S/c1-11(15)4-5-14(7-11)18(16,17)10-3-2-8(13)6-9(10)12/h2-3,6,15H,4-5,7,13H2,1H3. The molecule has 1 aliphatic rings. The average Bonchev–Trinajstić information content (AvgIpc) is 2.58. The van der Waals surface area contributed by atoms with Crippen molar-refractivity contribution in [2.24, 2.45) is 0 Å². The highest BCUT2D eigenvalue weighted by Gasteiger charge is 2.39. The Balaban J connectivity index is 2.38. The van der Waals surface area contributed by atoms with Gasteiger partial charge in [-0.15, -0.1) is 0 Å². The monoisotopic (exact) mass is 290 g/mol. The van der Waals surface area contributed by atoms with Gasteiger partial charge < -0.3 is 10.8 Å². The summed E-state index contributed by atoms with van der Waals surface area (Å²) in [6.07, 6.45) is 0.415. The van der Waals surface area contributed by atoms with E-state index in [-0.39, 0.29) is 23.0 Å². The van der Waals surface area contributed by atoms with Crippen molar-refractivity contribution < 1.29 is 13.5 Å². The molecular weight excluding hydrogens is 276 g/mol. The number of halogens is 1. The second kappa shape index (κ2) is 4.38. The van der Waals surface area contributed by atoms with Crippen molar-refractivity contribution in [3.63, 3.8) is 0 Å². The molecule has 1 aromatic rings. The molecule has 1 aliphatic heterocycles. The minimum absolute atomic E-state index is 0.0241. The molecule has 2 rings (SSSR count). The van der Waals surface area contributed by atoms with Gasteiger partial charge in [-0.25, -0.2) is 8.42 Å². The van der Waals surface area contributed by atoms with Crippen LogP contribution in [0.15, 0.2) is 23.1 Å². The van der Waals surface area contributed by atoms with Crippen LogP contribution in [-0.4, -0.2) is 36.5 Å². The fourth-order valence-electron chi connectivity index (χ4n) is 1.97. The van der Waals surface area contributed by atoms with E-state index in [1.807, 2.05) is 0 Å². The van der Waals surface area contributed by atoms with E-state index in [2.05, 4.69) is 0 Å². The minimum Gasteiger partial charge on any atom is -0.399 e. The third kappa shape index (κ3) is 2.47. The number of benzene rings is 1. The molecule has 1 heterocycles. The Morgan fingerprint density at radius 3 is 2.67 bits per heavy atom. The van der Waals surface area contributed by atoms with Crippen LogP contribution in [-0.2, 0) is 10.0 Å². The summed E-state index contributed by atoms with van der Waals surface area (Å²) >= 11 is 5.92. The molecule has 100 valence electrons. The van der Waals surface area contributed by atoms with E-state index in [1.165, 1.54) is 22.5 Å². The van der Waals surface area contributed by atoms with Crippen LogP contribution in [0, 0.1) is 0 Å². The summed E-state index contributed by atoms with van der Waals surface area (Å²) in [4.78, 5) is 0.0241. The number of hydrogen-bond donors (Lipinski definition) is 2. The summed E-state index contributed by atoms with van der Waals surface area (Å²) in [7, 11) is -3.67. The lowest BCUT2D eigenvalue weighted by atomic mass is 10.1. The van der Waals surface area contributed by atoms with Crippen LogP contribution in [0.25, 0.3) is 0 Å². The molecule has 0 saturated carbocycles. The van der Waals surface area contributed by atoms with E-state index in [0.29, 0.717) is 12.1 Å². The van der Waals surface area contributed by atoms with Gasteiger partial charge in [0.15, 0.2) is 0 Å². The van der Waals surface area contributed by atoms with Gasteiger partial charge in [-0.05, 0) is 31.5 Å². The Hall–Kier alpha value is -0.820. The van der Waals surface area contributed by atoms with Crippen molar-refractivity contribution in [1.29, 1.82) is 0 Å². The van der Waals surface area contributed by atoms with Crippen LogP contribution < -0.4 is 5.73 Å². The minimum atomic E-state index is -3.67. The highest BCUT2D eigenvalue weighted by atomic mass is 35.5. The van der Waals surface area contributed by atoms with E-state index in [4.69, 9.17) is 17.3 Å². The molecule has 18 heavy (non-hydrogen) atoms. The van der Waals surface area contributed by atoms with E-state index < -0.39 is 15.6 Å². The molecular formula is C11H15ClN2O3S. The Morgan fingerprint density at radius 1 is 1.50 bits per heavy atom. The summed E-state index contributed by atoms with van der Waals surface area (Å²) in [5.41, 5.74) is 4.97. The van der Waals surface area contributed by atoms with Crippen molar-refractivity contribution in [3.05, 3.63) is 23.2 Å². The van der Waals surface area contributed by atoms with Crippen molar-refractivity contribution in [2.75, 3.05) is 18.8 Å². The molecule has 0 amide bonds. The Morgan fingerprint density at radius 2 is 2.17 bits per heavy atom. The zero-order valence-electron chi connectivity index (χ0n) is 9.93. The first-order valence-electron chi connectivity index (χ1n) is 5.50. The number of sulfonamides is 1. The van der Waals surface area contributed by atoms with Gasteiger partial charge in [0, 0.05) is 18.8 Å². The topological polar surface area (TPSA) is 83.6 Å². The van der Waals surface area contributed by atoms with Crippen LogP contribution >= 0.6 is 11.6 Å². The molecule has 5 nitrogen and oxygen atoms in total. The molecule has 1 aromatic carbocycles. The predicted molar refractivity (Wildman–Crippen MR) is 69.9 cm³/mol. The zero-order chi connectivity index (χ0) is 13.6. The maximum atomic E-state index is 12.3. The van der Waals surface area contributed by atoms with Gasteiger partial charge in [0.2, 0.25) is 10.0 Å². The molecule has 1 unspecified atom stereocenters. The normalized spacial score (nSPS) is 25.5. The Kier molecular flexibility index (Phi) is 3.31. The number of hydrogen-bond acceptors (Lipinski definition) is 4. The smallest absolute Gasteiger partial charge is 0.244 e. The van der Waals surface area contributed by atoms with Crippen LogP contribution in [0.5, 0.6) is 0 Å². The van der Waals surface area contributed by atoms with Gasteiger partial charge >= 0.3 is 0 Å². The summed E-state index contributed by atoms with van der Waals surface area (Å²) in [5.74, 6) is 0. The van der Waals surface area contributed by atoms with Crippen molar-refractivity contribution in [3.8, 4) is 0 Å². The van der Waals surface area contributed by atoms with Crippen LogP contribution in [0.4, 0.5) is 5.69 Å². The van der Waals surface area contributed by atoms with E-state index in [9.17, 15) is 13.5 Å². The van der Waals surface area contributed by atoms with E-state index in [1.54, 1.807) is 6.92 Å². The second-order valence-corrected chi connectivity index (χ2v) is 7.09. The first-order valence-corrected chi connectivity index (χ1v) is 7.32. The number of nitrogens with two attached hydrogens (primary N) is 1. The number of nitrogen functional groups attached to an aromatic ring is 1. The third-order valence-corrected chi connectivity index (χ3v) is 5.32. The van der Waals surface area contributed by atoms with Gasteiger partial charge in [-0.2, -0.15) is 4.31 Å². The first kappa shape index (κ1) is 13.6. The molecule has 0 radical (unpaired) electrons. The lowest BCUT2D eigenvalue weighted by Gasteiger charge is -2.19. The highest BCUT2D eigenvalue weighted by molar-refractivity contribution is 7.89. The van der Waals surface area contributed by atoms with Crippen molar-refractivity contribution in [2.45, 2.75) is 23.8 Å². The molecule has 1 fully saturated rings. The van der Waals surface area contributed by atoms with Crippen LogP contribution in [0.2, 0.25) is 5.02 Å². The number of β-amino-alcohol motifs (C(OH)–C–C–N with tert-alkyl or cyclic N) is 1. The van der Waals surface area contributed by atoms with Gasteiger partial charge in [-0.1, -0.05) is 11.6 Å². The molecule has 7 heteroatoms. The predicted octanol–water partition coefficient (Wildman–Crippen LogP) is 1.07. The quantitative estimate of drug-likeness (QED) is 0.798. The summed E-state index contributed by atoms with van der Waals surface area (Å²) in [6.45, 7) is 1.99. The third-order valence-electron chi connectivity index (χ3n) is 2.99. The molecule has 1 atom stereocenters. The molecule has 0 aliphatic carbocycles. The van der Waals surface area contributed by atoms with Crippen LogP contribution in [0.1, 0.15) is 13.3 Å². The fraction of sp³-hybridized carbons (Fsp3) is 0.455. The number of rotatable bonds is 2. The number of nitrogens with zero attached hydrogens (tertiary/aromatic N) is 1. The number of aliphatic hydroxyl groups is 1. The van der Waals surface area contributed by atoms with E-state index in [0.717, 1.165) is 0 Å². The van der Waals surface area contributed by atoms with Gasteiger partial charge in [0.05, 0.1) is 10.6 Å². The second-order valence-electron chi connectivity index (χ2n) is 4.78. The zero-order valence-corrected chi connectivity index (χ0v) is 11.5. The molecule has 0 bridgehead atoms. The maximum absolute atomic E-state index is 12.3. The SMILES string of the molecule is CC1(O)CCN(S(=O)(=O)c2ccc(N)cc2Cl)C1. The lowest BCUT2D eigenvalue weighted by molar-refractivity contribution is 0.0762. The molecule has 3 N–H and O–H groups in total. The average molecular weight is 291 g/mol. The van der Waals surface area contributed by atoms with Gasteiger partial charge in [-0.3, -0.25) is 0 Å². The van der Waals surface area contributed by atoms with E-state index >= 15 is 0 Å². The van der Waals surface area contributed by atoms with Crippen LogP contribution in [0.3, 0.4) is 0 Å². The molecule has 0 aromatic heterocycles. The highest BCUT2D eigenvalue weighted by Crippen LogP contribution is 2.31. The summed E-state index contributed by atoms with van der Waals surface area (Å²) in [6, 6.07) is 4.29. The van der Waals surface area contributed by atoms with Gasteiger partial charge in [0.25, 0.3) is 0 Å². The molecule has 1 saturated heterocycles. The summed E-state index contributed by atoms with van der Waals surface area (Å²) < 4.78 is 25.9. The number of anilines is 1. The maximum Gasteiger partial charge on any atom is 0.244 e. The van der Waals surface area contributed by atoms with Gasteiger partial charge in [0.1, 0.15) is 4.90 Å². The Labute approximate surface area is 111 Å². The Bertz CT molecular complexity index is 572. The fourth-order valence-corrected chi connectivity index (χ4v) is 4.06. The largest absolute Gasteiger partial charge is 0.399 e. The van der Waals surface area contributed by atoms with Crippen molar-refractivity contribution in [1.82, 2.24) is 4.31 Å². The van der Waals surface area contributed by atoms with Crippen molar-refractivity contribution >= 4 is 27.3 Å². The first-order chi connectivity index (χ1) is 8.22.